The molecule has 1 N–H and O–H groups in total. The van der Waals surface area contributed by atoms with Crippen molar-refractivity contribution in [2.45, 2.75) is 45.2 Å². The van der Waals surface area contributed by atoms with Gasteiger partial charge in [0.2, 0.25) is 0 Å². The fourth-order valence-corrected chi connectivity index (χ4v) is 7.65. The summed E-state index contributed by atoms with van der Waals surface area (Å²) in [6.45, 7) is 3.28. The highest BCUT2D eigenvalue weighted by molar-refractivity contribution is 9.10. The van der Waals surface area contributed by atoms with Gasteiger partial charge in [0.05, 0.1) is 46.0 Å². The molecule has 1 saturated heterocycles. The van der Waals surface area contributed by atoms with E-state index in [4.69, 9.17) is 0 Å². The largest absolute Gasteiger partial charge is 0.478 e. The van der Waals surface area contributed by atoms with Crippen molar-refractivity contribution in [1.29, 1.82) is 5.26 Å². The smallest absolute Gasteiger partial charge is 0.338 e. The van der Waals surface area contributed by atoms with Gasteiger partial charge in [-0.05, 0) is 49.6 Å². The van der Waals surface area contributed by atoms with Crippen LogP contribution in [-0.2, 0) is 6.54 Å². The second kappa shape index (κ2) is 13.6. The van der Waals surface area contributed by atoms with E-state index in [2.05, 4.69) is 48.8 Å². The van der Waals surface area contributed by atoms with E-state index < -0.39 is 17.5 Å². The van der Waals surface area contributed by atoms with Crippen molar-refractivity contribution in [1.82, 2.24) is 24.4 Å². The number of thiophene rings is 1. The minimum Gasteiger partial charge on any atom is -0.478 e. The van der Waals surface area contributed by atoms with Crippen molar-refractivity contribution in [3.63, 3.8) is 0 Å². The van der Waals surface area contributed by atoms with Crippen LogP contribution in [0, 0.1) is 30.1 Å². The standard InChI is InChI=1S/C35H30BrF2N7O3S/c1-20-42-28-17-41-32(43(3)23-9-13-44(14-10-23)19-35(2,37)38)26(16-39)29(28)33(46)45(20)12-4-5-21-6-7-22(36)15-25(21)24-8-11-40-30-27(34(47)48)18-49-31(24)30/h6-8,11,15,17-18,23H,9-10,12-14,19H2,1-3H3,(H,47,48). The van der Waals surface area contributed by atoms with Gasteiger partial charge in [-0.25, -0.2) is 23.5 Å². The van der Waals surface area contributed by atoms with E-state index in [1.54, 1.807) is 30.4 Å². The number of aryl methyl sites for hydroxylation is 1. The first-order valence-electron chi connectivity index (χ1n) is 15.4. The summed E-state index contributed by atoms with van der Waals surface area (Å²) in [6.07, 6.45) is 4.28. The highest BCUT2D eigenvalue weighted by atomic mass is 79.9. The van der Waals surface area contributed by atoms with Crippen LogP contribution in [0.1, 0.15) is 47.1 Å². The van der Waals surface area contributed by atoms with Crippen LogP contribution in [0.25, 0.3) is 32.2 Å². The Balaban J connectivity index is 1.32. The number of anilines is 1. The number of nitriles is 1. The molecule has 0 bridgehead atoms. The number of pyridine rings is 2. The molecule has 4 aromatic heterocycles. The van der Waals surface area contributed by atoms with E-state index in [-0.39, 0.29) is 35.6 Å². The molecule has 5 aromatic rings. The lowest BCUT2D eigenvalue weighted by Gasteiger charge is -2.38. The third-order valence-electron chi connectivity index (χ3n) is 8.64. The first-order chi connectivity index (χ1) is 23.4. The molecule has 10 nitrogen and oxygen atoms in total. The molecule has 6 rings (SSSR count). The van der Waals surface area contributed by atoms with Crippen LogP contribution < -0.4 is 10.5 Å². The van der Waals surface area contributed by atoms with Crippen molar-refractivity contribution in [3.8, 4) is 29.0 Å². The first kappa shape index (κ1) is 34.1. The lowest BCUT2D eigenvalue weighted by atomic mass is 10.00. The topological polar surface area (TPSA) is 128 Å². The van der Waals surface area contributed by atoms with Gasteiger partial charge in [0.1, 0.15) is 23.3 Å². The number of rotatable bonds is 7. The monoisotopic (exact) mass is 745 g/mol. The molecule has 5 heterocycles. The maximum atomic E-state index is 14.0. The van der Waals surface area contributed by atoms with Crippen molar-refractivity contribution >= 4 is 60.2 Å². The van der Waals surface area contributed by atoms with Gasteiger partial charge >= 0.3 is 5.97 Å². The Labute approximate surface area is 292 Å². The molecule has 0 unspecified atom stereocenters. The first-order valence-corrected chi connectivity index (χ1v) is 17.0. The average Bonchev–Trinajstić information content (AvgIpc) is 3.50. The Hall–Kier alpha value is -4.76. The molecule has 1 aliphatic heterocycles. The number of carboxylic acids is 1. The highest BCUT2D eigenvalue weighted by Gasteiger charge is 2.31. The number of carbonyl (C=O) groups is 1. The summed E-state index contributed by atoms with van der Waals surface area (Å²) >= 11 is 4.82. The molecule has 0 spiro atoms. The number of alkyl halides is 2. The SMILES string of the molecule is Cc1nc2cnc(N(C)C3CCN(CC(C)(F)F)CC3)c(C#N)c2c(=O)n1CC#Cc1ccc(Br)cc1-c1ccnc2c(C(=O)O)csc12. The molecule has 1 aromatic carbocycles. The maximum absolute atomic E-state index is 14.0. The summed E-state index contributed by atoms with van der Waals surface area (Å²) in [7, 11) is 1.81. The Morgan fingerprint density at radius 2 is 1.98 bits per heavy atom. The van der Waals surface area contributed by atoms with E-state index in [1.165, 1.54) is 22.1 Å². The number of aromatic nitrogens is 4. The third kappa shape index (κ3) is 6.90. The fourth-order valence-electron chi connectivity index (χ4n) is 6.26. The molecule has 14 heteroatoms. The number of halogens is 3. The number of piperidine rings is 1. The Morgan fingerprint density at radius 1 is 1.22 bits per heavy atom. The zero-order valence-corrected chi connectivity index (χ0v) is 29.2. The Bertz CT molecular complexity index is 2280. The van der Waals surface area contributed by atoms with Crippen LogP contribution in [0.4, 0.5) is 14.6 Å². The number of fused-ring (bicyclic) bond motifs is 2. The van der Waals surface area contributed by atoms with E-state index in [9.17, 15) is 28.7 Å². The van der Waals surface area contributed by atoms with Gasteiger partial charge in [0.25, 0.3) is 11.5 Å². The summed E-state index contributed by atoms with van der Waals surface area (Å²) in [6, 6.07) is 9.55. The van der Waals surface area contributed by atoms with Crippen LogP contribution in [0.5, 0.6) is 0 Å². The van der Waals surface area contributed by atoms with Gasteiger partial charge in [0, 0.05) is 60.3 Å². The normalized spacial score (nSPS) is 14.1. The van der Waals surface area contributed by atoms with Crippen LogP contribution in [0.15, 0.2) is 51.3 Å². The fraction of sp³-hybridized carbons (Fsp3) is 0.314. The molecule has 0 radical (unpaired) electrons. The Kier molecular flexibility index (Phi) is 9.49. The van der Waals surface area contributed by atoms with Gasteiger partial charge in [-0.2, -0.15) is 5.26 Å². The van der Waals surface area contributed by atoms with Crippen LogP contribution in [0.3, 0.4) is 0 Å². The summed E-state index contributed by atoms with van der Waals surface area (Å²) in [5.41, 5.74) is 2.74. The van der Waals surface area contributed by atoms with Gasteiger partial charge in [-0.1, -0.05) is 27.8 Å². The van der Waals surface area contributed by atoms with Crippen LogP contribution >= 0.6 is 27.3 Å². The van der Waals surface area contributed by atoms with Crippen LogP contribution in [0.2, 0.25) is 0 Å². The number of hydrogen-bond donors (Lipinski definition) is 1. The lowest BCUT2D eigenvalue weighted by Crippen LogP contribution is -2.46. The summed E-state index contributed by atoms with van der Waals surface area (Å²) in [4.78, 5) is 42.7. The summed E-state index contributed by atoms with van der Waals surface area (Å²) in [5, 5.41) is 21.6. The molecule has 0 atom stereocenters. The maximum Gasteiger partial charge on any atom is 0.338 e. The van der Waals surface area contributed by atoms with E-state index in [0.717, 1.165) is 27.2 Å². The predicted molar refractivity (Wildman–Crippen MR) is 188 cm³/mol. The molecule has 250 valence electrons. The third-order valence-corrected chi connectivity index (χ3v) is 10.1. The molecule has 49 heavy (non-hydrogen) atoms. The van der Waals surface area contributed by atoms with Crippen LogP contribution in [-0.4, -0.2) is 74.1 Å². The van der Waals surface area contributed by atoms with E-state index in [0.29, 0.717) is 54.2 Å². The number of hydrogen-bond acceptors (Lipinski definition) is 9. The molecule has 0 amide bonds. The van der Waals surface area contributed by atoms with Gasteiger partial charge in [-0.3, -0.25) is 19.2 Å². The van der Waals surface area contributed by atoms with Crippen molar-refractivity contribution in [2.24, 2.45) is 0 Å². The van der Waals surface area contributed by atoms with E-state index in [1.807, 2.05) is 29.2 Å². The molecular formula is C35H30BrF2N7O3S. The van der Waals surface area contributed by atoms with E-state index >= 15 is 0 Å². The van der Waals surface area contributed by atoms with Crippen molar-refractivity contribution in [2.75, 3.05) is 31.6 Å². The second-order valence-electron chi connectivity index (χ2n) is 12.1. The Morgan fingerprint density at radius 3 is 2.67 bits per heavy atom. The predicted octanol–water partition coefficient (Wildman–Crippen LogP) is 6.32. The minimum absolute atomic E-state index is 0.00405. The van der Waals surface area contributed by atoms with Gasteiger partial charge < -0.3 is 10.0 Å². The number of nitrogens with zero attached hydrogens (tertiary/aromatic N) is 7. The molecule has 0 aliphatic carbocycles. The minimum atomic E-state index is -2.77. The second-order valence-corrected chi connectivity index (χ2v) is 13.8. The molecule has 1 aliphatic rings. The quantitative estimate of drug-likeness (QED) is 0.191. The number of benzene rings is 1. The zero-order chi connectivity index (χ0) is 35.0. The number of likely N-dealkylation sites (tertiary alicyclic amines) is 1. The van der Waals surface area contributed by atoms with Gasteiger partial charge in [-0.15, -0.1) is 11.3 Å². The lowest BCUT2D eigenvalue weighted by molar-refractivity contribution is -0.0198. The number of aromatic carboxylic acids is 1. The number of carboxylic acid groups (broad SMARTS) is 1. The molecule has 1 fully saturated rings. The summed E-state index contributed by atoms with van der Waals surface area (Å²) in [5.74, 6) is 3.20. The summed E-state index contributed by atoms with van der Waals surface area (Å²) < 4.78 is 30.1. The average molecular weight is 747 g/mol. The molecular weight excluding hydrogens is 716 g/mol. The highest BCUT2D eigenvalue weighted by Crippen LogP contribution is 2.36. The molecule has 0 saturated carbocycles. The van der Waals surface area contributed by atoms with Gasteiger partial charge in [0.15, 0.2) is 0 Å². The zero-order valence-electron chi connectivity index (χ0n) is 26.8. The van der Waals surface area contributed by atoms with Crippen molar-refractivity contribution < 1.29 is 18.7 Å². The van der Waals surface area contributed by atoms with Crippen molar-refractivity contribution in [3.05, 3.63) is 79.4 Å².